The lowest BCUT2D eigenvalue weighted by molar-refractivity contribution is -0.206. The van der Waals surface area contributed by atoms with Gasteiger partial charge < -0.3 is 5.11 Å². The van der Waals surface area contributed by atoms with Crippen LogP contribution in [0.4, 0.5) is 13.2 Å². The van der Waals surface area contributed by atoms with E-state index in [4.69, 9.17) is 0 Å². The predicted molar refractivity (Wildman–Crippen MR) is 62.7 cm³/mol. The molecule has 2 aromatic carbocycles. The Kier molecular flexibility index (Phi) is 3.14. The first kappa shape index (κ1) is 12.4. The van der Waals surface area contributed by atoms with Gasteiger partial charge in [-0.05, 0) is 22.4 Å². The first-order chi connectivity index (χ1) is 7.91. The molecule has 0 saturated heterocycles. The van der Waals surface area contributed by atoms with Crippen LogP contribution in [0, 0.1) is 0 Å². The van der Waals surface area contributed by atoms with Crippen molar-refractivity contribution in [3.05, 3.63) is 46.4 Å². The van der Waals surface area contributed by atoms with Crippen molar-refractivity contribution < 1.29 is 18.3 Å². The molecule has 1 nitrogen and oxygen atoms in total. The summed E-state index contributed by atoms with van der Waals surface area (Å²) in [6.45, 7) is 0. The van der Waals surface area contributed by atoms with E-state index in [1.165, 1.54) is 12.1 Å². The number of fused-ring (bicyclic) bond motifs is 1. The average molecular weight is 305 g/mol. The third-order valence-corrected chi connectivity index (χ3v) is 3.20. The Balaban J connectivity index is 2.67. The normalized spacial score (nSPS) is 13.9. The van der Waals surface area contributed by atoms with Crippen LogP contribution in [0.1, 0.15) is 11.7 Å². The maximum Gasteiger partial charge on any atom is 0.418 e. The topological polar surface area (TPSA) is 20.2 Å². The van der Waals surface area contributed by atoms with E-state index in [1.807, 2.05) is 0 Å². The van der Waals surface area contributed by atoms with Gasteiger partial charge in [0.2, 0.25) is 0 Å². The molecule has 1 atom stereocenters. The summed E-state index contributed by atoms with van der Waals surface area (Å²) in [4.78, 5) is 0. The van der Waals surface area contributed by atoms with Crippen molar-refractivity contribution in [3.63, 3.8) is 0 Å². The third-order valence-electron chi connectivity index (χ3n) is 2.51. The summed E-state index contributed by atoms with van der Waals surface area (Å²) < 4.78 is 38.2. The molecule has 0 aromatic heterocycles. The van der Waals surface area contributed by atoms with Crippen molar-refractivity contribution >= 4 is 26.7 Å². The first-order valence-electron chi connectivity index (χ1n) is 4.83. The number of alkyl halides is 3. The summed E-state index contributed by atoms with van der Waals surface area (Å²) in [6, 6.07) is 9.42. The Morgan fingerprint density at radius 2 is 1.59 bits per heavy atom. The van der Waals surface area contributed by atoms with Crippen LogP contribution in [0.2, 0.25) is 0 Å². The van der Waals surface area contributed by atoms with Gasteiger partial charge in [0.05, 0.1) is 0 Å². The van der Waals surface area contributed by atoms with Crippen LogP contribution in [0.5, 0.6) is 0 Å². The quantitative estimate of drug-likeness (QED) is 0.837. The van der Waals surface area contributed by atoms with E-state index in [0.29, 0.717) is 15.2 Å². The Hall–Kier alpha value is -1.07. The standard InChI is InChI=1S/C12H8BrF3O/c13-10-6-2-3-7-8(10)4-1-5-9(7)11(17)12(14,15)16/h1-6,11,17H. The molecule has 0 fully saturated rings. The van der Waals surface area contributed by atoms with Crippen molar-refractivity contribution in [3.8, 4) is 0 Å². The number of benzene rings is 2. The van der Waals surface area contributed by atoms with E-state index < -0.39 is 12.3 Å². The van der Waals surface area contributed by atoms with Crippen molar-refractivity contribution in [2.24, 2.45) is 0 Å². The van der Waals surface area contributed by atoms with E-state index in [0.717, 1.165) is 0 Å². The van der Waals surface area contributed by atoms with Gasteiger partial charge in [-0.2, -0.15) is 13.2 Å². The monoisotopic (exact) mass is 304 g/mol. The average Bonchev–Trinajstić information content (AvgIpc) is 2.27. The van der Waals surface area contributed by atoms with Gasteiger partial charge in [-0.25, -0.2) is 0 Å². The molecule has 0 amide bonds. The number of hydrogen-bond donors (Lipinski definition) is 1. The highest BCUT2D eigenvalue weighted by Gasteiger charge is 2.40. The Morgan fingerprint density at radius 3 is 2.24 bits per heavy atom. The number of halogens is 4. The summed E-state index contributed by atoms with van der Waals surface area (Å²) in [5.41, 5.74) is -0.128. The summed E-state index contributed by atoms with van der Waals surface area (Å²) in [5.74, 6) is 0. The number of hydrogen-bond acceptors (Lipinski definition) is 1. The molecular formula is C12H8BrF3O. The molecule has 5 heteroatoms. The van der Waals surface area contributed by atoms with Gasteiger partial charge in [0.25, 0.3) is 0 Å². The number of aliphatic hydroxyl groups is 1. The second kappa shape index (κ2) is 4.31. The summed E-state index contributed by atoms with van der Waals surface area (Å²) in [7, 11) is 0. The Morgan fingerprint density at radius 1 is 1.00 bits per heavy atom. The zero-order valence-electron chi connectivity index (χ0n) is 8.50. The van der Waals surface area contributed by atoms with Crippen LogP contribution in [0.15, 0.2) is 40.9 Å². The largest absolute Gasteiger partial charge is 0.418 e. The SMILES string of the molecule is OC(c1cccc2c(Br)cccc12)C(F)(F)F. The van der Waals surface area contributed by atoms with Gasteiger partial charge in [0.1, 0.15) is 0 Å². The maximum atomic E-state index is 12.5. The van der Waals surface area contributed by atoms with Gasteiger partial charge in [-0.3, -0.25) is 0 Å². The fourth-order valence-corrected chi connectivity index (χ4v) is 2.21. The summed E-state index contributed by atoms with van der Waals surface area (Å²) in [6.07, 6.45) is -7.11. The molecule has 90 valence electrons. The van der Waals surface area contributed by atoms with Crippen LogP contribution >= 0.6 is 15.9 Å². The van der Waals surface area contributed by atoms with Crippen molar-refractivity contribution in [1.29, 1.82) is 0 Å². The van der Waals surface area contributed by atoms with E-state index in [1.54, 1.807) is 24.3 Å². The van der Waals surface area contributed by atoms with E-state index >= 15 is 0 Å². The maximum absolute atomic E-state index is 12.5. The second-order valence-electron chi connectivity index (χ2n) is 3.63. The van der Waals surface area contributed by atoms with Crippen molar-refractivity contribution in [2.45, 2.75) is 12.3 Å². The molecule has 2 aromatic rings. The molecule has 0 spiro atoms. The van der Waals surface area contributed by atoms with E-state index in [2.05, 4.69) is 15.9 Å². The van der Waals surface area contributed by atoms with Crippen LogP contribution in [-0.4, -0.2) is 11.3 Å². The minimum absolute atomic E-state index is 0.128. The van der Waals surface area contributed by atoms with Gasteiger partial charge in [-0.1, -0.05) is 46.3 Å². The lowest BCUT2D eigenvalue weighted by atomic mass is 10.0. The molecule has 1 N–H and O–H groups in total. The highest BCUT2D eigenvalue weighted by atomic mass is 79.9. The number of aliphatic hydroxyl groups excluding tert-OH is 1. The van der Waals surface area contributed by atoms with Crippen molar-refractivity contribution in [2.75, 3.05) is 0 Å². The molecule has 0 aliphatic rings. The molecule has 0 heterocycles. The lowest BCUT2D eigenvalue weighted by Gasteiger charge is -2.17. The fraction of sp³-hybridized carbons (Fsp3) is 0.167. The zero-order chi connectivity index (χ0) is 12.6. The van der Waals surface area contributed by atoms with Gasteiger partial charge in [0, 0.05) is 4.47 Å². The zero-order valence-corrected chi connectivity index (χ0v) is 10.1. The van der Waals surface area contributed by atoms with Gasteiger partial charge in [0.15, 0.2) is 6.10 Å². The summed E-state index contributed by atoms with van der Waals surface area (Å²) in [5, 5.41) is 10.3. The fourth-order valence-electron chi connectivity index (χ4n) is 1.71. The van der Waals surface area contributed by atoms with Gasteiger partial charge >= 0.3 is 6.18 Å². The molecule has 17 heavy (non-hydrogen) atoms. The van der Waals surface area contributed by atoms with Crippen LogP contribution in [0.25, 0.3) is 10.8 Å². The Bertz CT molecular complexity index is 551. The third kappa shape index (κ3) is 2.30. The van der Waals surface area contributed by atoms with Crippen molar-refractivity contribution in [1.82, 2.24) is 0 Å². The molecule has 0 bridgehead atoms. The minimum Gasteiger partial charge on any atom is -0.379 e. The molecule has 0 aliphatic heterocycles. The van der Waals surface area contributed by atoms with Crippen LogP contribution in [0.3, 0.4) is 0 Å². The second-order valence-corrected chi connectivity index (χ2v) is 4.48. The predicted octanol–water partition coefficient (Wildman–Crippen LogP) is 4.20. The van der Waals surface area contributed by atoms with Crippen LogP contribution < -0.4 is 0 Å². The van der Waals surface area contributed by atoms with Gasteiger partial charge in [-0.15, -0.1) is 0 Å². The first-order valence-corrected chi connectivity index (χ1v) is 5.62. The lowest BCUT2D eigenvalue weighted by Crippen LogP contribution is -2.20. The summed E-state index contributed by atoms with van der Waals surface area (Å²) >= 11 is 3.27. The molecule has 1 unspecified atom stereocenters. The highest BCUT2D eigenvalue weighted by molar-refractivity contribution is 9.10. The molecule has 0 aliphatic carbocycles. The highest BCUT2D eigenvalue weighted by Crippen LogP contribution is 2.37. The molecule has 0 radical (unpaired) electrons. The molecule has 2 rings (SSSR count). The minimum atomic E-state index is -4.66. The van der Waals surface area contributed by atoms with E-state index in [9.17, 15) is 18.3 Å². The number of rotatable bonds is 1. The van der Waals surface area contributed by atoms with Crippen LogP contribution in [-0.2, 0) is 0 Å². The molecule has 0 saturated carbocycles. The smallest absolute Gasteiger partial charge is 0.379 e. The molecular weight excluding hydrogens is 297 g/mol. The Labute approximate surface area is 104 Å². The van der Waals surface area contributed by atoms with E-state index in [-0.39, 0.29) is 5.56 Å².